The van der Waals surface area contributed by atoms with Gasteiger partial charge in [-0.1, -0.05) is 6.58 Å². The van der Waals surface area contributed by atoms with Gasteiger partial charge in [-0.15, -0.1) is 0 Å². The Labute approximate surface area is 83.2 Å². The van der Waals surface area contributed by atoms with Crippen LogP contribution in [0.4, 0.5) is 0 Å². The van der Waals surface area contributed by atoms with Gasteiger partial charge in [0.05, 0.1) is 0 Å². The van der Waals surface area contributed by atoms with Gasteiger partial charge in [0, 0.05) is 13.7 Å². The zero-order chi connectivity index (χ0) is 10.5. The fourth-order valence-electron chi connectivity index (χ4n) is 0.942. The molecule has 5 heteroatoms. The molecule has 1 unspecified atom stereocenters. The molecule has 78 valence electrons. The molecule has 0 bridgehead atoms. The van der Waals surface area contributed by atoms with Crippen molar-refractivity contribution in [1.29, 1.82) is 0 Å². The first-order chi connectivity index (χ1) is 5.89. The van der Waals surface area contributed by atoms with Crippen LogP contribution in [0.25, 0.3) is 0 Å². The molecule has 0 fully saturated rings. The van der Waals surface area contributed by atoms with E-state index in [1.54, 1.807) is 12.8 Å². The lowest BCUT2D eigenvalue weighted by Crippen LogP contribution is -2.50. The van der Waals surface area contributed by atoms with Gasteiger partial charge >= 0.3 is 8.80 Å². The van der Waals surface area contributed by atoms with Crippen molar-refractivity contribution in [2.24, 2.45) is 0 Å². The lowest BCUT2D eigenvalue weighted by atomic mass is 10.9. The van der Waals surface area contributed by atoms with Crippen molar-refractivity contribution >= 4 is 17.1 Å². The fourth-order valence-corrected chi connectivity index (χ4v) is 6.06. The highest BCUT2D eigenvalue weighted by Gasteiger charge is 2.40. The van der Waals surface area contributed by atoms with E-state index in [0.29, 0.717) is 6.61 Å². The van der Waals surface area contributed by atoms with Gasteiger partial charge < -0.3 is 13.0 Å². The normalized spacial score (nSPS) is 16.7. The minimum atomic E-state index is -2.55. The van der Waals surface area contributed by atoms with Crippen molar-refractivity contribution < 1.29 is 13.0 Å². The summed E-state index contributed by atoms with van der Waals surface area (Å²) in [7, 11) is -2.57. The molecule has 0 amide bonds. The molecule has 1 atom stereocenters. The summed E-state index contributed by atoms with van der Waals surface area (Å²) in [5.41, 5.74) is 1.69. The van der Waals surface area contributed by atoms with Gasteiger partial charge in [0.2, 0.25) is 0 Å². The number of rotatable bonds is 6. The average Bonchev–Trinajstić information content (AvgIpc) is 2.01. The van der Waals surface area contributed by atoms with Crippen LogP contribution in [-0.2, 0) is 13.0 Å². The molecule has 3 nitrogen and oxygen atoms in total. The van der Waals surface area contributed by atoms with Crippen LogP contribution >= 0.6 is 0 Å². The second-order valence-electron chi connectivity index (χ2n) is 3.66. The van der Waals surface area contributed by atoms with Gasteiger partial charge in [0.15, 0.2) is 8.32 Å². The summed E-state index contributed by atoms with van der Waals surface area (Å²) in [5, 5.41) is 0. The van der Waals surface area contributed by atoms with E-state index in [1.807, 2.05) is 6.92 Å². The van der Waals surface area contributed by atoms with E-state index in [0.717, 1.165) is 0 Å². The maximum atomic E-state index is 5.88. The number of hydrogen-bond donors (Lipinski definition) is 0. The van der Waals surface area contributed by atoms with Crippen molar-refractivity contribution in [3.8, 4) is 0 Å². The Bertz CT molecular complexity index is 167. The van der Waals surface area contributed by atoms with Gasteiger partial charge in [0.1, 0.15) is 0 Å². The molecular weight excluding hydrogens is 200 g/mol. The molecule has 0 spiro atoms. The minimum absolute atomic E-state index is 0.594. The summed E-state index contributed by atoms with van der Waals surface area (Å²) in [5.74, 6) is 0. The molecule has 0 aliphatic heterocycles. The molecule has 0 saturated carbocycles. The van der Waals surface area contributed by atoms with E-state index in [4.69, 9.17) is 13.0 Å². The molecular formula is C8H20O3Si2. The van der Waals surface area contributed by atoms with Crippen LogP contribution in [0.3, 0.4) is 0 Å². The topological polar surface area (TPSA) is 27.7 Å². The Kier molecular flexibility index (Phi) is 5.09. The van der Waals surface area contributed by atoms with Crippen molar-refractivity contribution in [1.82, 2.24) is 0 Å². The molecule has 13 heavy (non-hydrogen) atoms. The maximum Gasteiger partial charge on any atom is 0.518 e. The van der Waals surface area contributed by atoms with E-state index in [-0.39, 0.29) is 0 Å². The third kappa shape index (κ3) is 4.73. The van der Waals surface area contributed by atoms with Gasteiger partial charge in [-0.2, -0.15) is 0 Å². The third-order valence-corrected chi connectivity index (χ3v) is 6.68. The summed E-state index contributed by atoms with van der Waals surface area (Å²) >= 11 is 0. The second kappa shape index (κ2) is 5.06. The Morgan fingerprint density at radius 2 is 1.85 bits per heavy atom. The molecule has 0 radical (unpaired) electrons. The number of hydrogen-bond acceptors (Lipinski definition) is 3. The molecule has 0 aliphatic carbocycles. The molecule has 0 N–H and O–H groups in total. The lowest BCUT2D eigenvalue weighted by Gasteiger charge is -2.31. The largest absolute Gasteiger partial charge is 0.518 e. The summed E-state index contributed by atoms with van der Waals surface area (Å²) in [6.45, 7) is 12.6. The van der Waals surface area contributed by atoms with Crippen LogP contribution in [0.5, 0.6) is 0 Å². The van der Waals surface area contributed by atoms with Crippen molar-refractivity contribution in [3.05, 3.63) is 12.3 Å². The highest BCUT2D eigenvalue weighted by molar-refractivity contribution is 6.81. The zero-order valence-corrected chi connectivity index (χ0v) is 11.2. The monoisotopic (exact) mass is 220 g/mol. The maximum absolute atomic E-state index is 5.88. The van der Waals surface area contributed by atoms with Crippen LogP contribution < -0.4 is 0 Å². The summed E-state index contributed by atoms with van der Waals surface area (Å²) < 4.78 is 16.7. The smallest absolute Gasteiger partial charge is 0.413 e. The van der Waals surface area contributed by atoms with Crippen LogP contribution in [0.1, 0.15) is 6.92 Å². The van der Waals surface area contributed by atoms with E-state index in [1.165, 1.54) is 0 Å². The highest BCUT2D eigenvalue weighted by atomic mass is 28.5. The molecule has 0 aliphatic rings. The Morgan fingerprint density at radius 3 is 2.08 bits per heavy atom. The molecule has 0 rings (SSSR count). The van der Waals surface area contributed by atoms with Crippen LogP contribution in [-0.4, -0.2) is 30.8 Å². The summed E-state index contributed by atoms with van der Waals surface area (Å²) in [6, 6.07) is 0. The quantitative estimate of drug-likeness (QED) is 0.642. The van der Waals surface area contributed by atoms with Crippen molar-refractivity contribution in [2.45, 2.75) is 26.6 Å². The summed E-state index contributed by atoms with van der Waals surface area (Å²) in [6.07, 6.45) is 0. The standard InChI is InChI=1S/C8H20O3Si2/c1-7-10-13(8-2,9-3)11-12(4,5)6/h8H,2,7H2,1,3-6H3. The van der Waals surface area contributed by atoms with E-state index in [2.05, 4.69) is 26.2 Å². The van der Waals surface area contributed by atoms with Gasteiger partial charge in [-0.3, -0.25) is 0 Å². The van der Waals surface area contributed by atoms with E-state index >= 15 is 0 Å². The van der Waals surface area contributed by atoms with Crippen LogP contribution in [0, 0.1) is 0 Å². The Balaban J connectivity index is 4.47. The Morgan fingerprint density at radius 1 is 1.31 bits per heavy atom. The summed E-state index contributed by atoms with van der Waals surface area (Å²) in [4.78, 5) is 0. The molecule has 0 saturated heterocycles. The van der Waals surface area contributed by atoms with Crippen LogP contribution in [0.15, 0.2) is 12.3 Å². The van der Waals surface area contributed by atoms with Crippen LogP contribution in [0.2, 0.25) is 19.6 Å². The predicted molar refractivity (Wildman–Crippen MR) is 59.0 cm³/mol. The highest BCUT2D eigenvalue weighted by Crippen LogP contribution is 2.16. The molecule has 0 aromatic rings. The first-order valence-electron chi connectivity index (χ1n) is 4.42. The SMILES string of the molecule is C=C[Si](OC)(OCC)O[Si](C)(C)C. The minimum Gasteiger partial charge on any atom is -0.413 e. The van der Waals surface area contributed by atoms with Crippen molar-refractivity contribution in [2.75, 3.05) is 13.7 Å². The van der Waals surface area contributed by atoms with Gasteiger partial charge in [-0.05, 0) is 32.3 Å². The first-order valence-corrected chi connectivity index (χ1v) is 9.63. The molecule has 0 aromatic carbocycles. The van der Waals surface area contributed by atoms with Gasteiger partial charge in [-0.25, -0.2) is 0 Å². The Hall–Kier alpha value is 0.0538. The first kappa shape index (κ1) is 13.1. The predicted octanol–water partition coefficient (Wildman–Crippen LogP) is 2.18. The second-order valence-corrected chi connectivity index (χ2v) is 11.0. The van der Waals surface area contributed by atoms with E-state index < -0.39 is 17.1 Å². The van der Waals surface area contributed by atoms with Crippen molar-refractivity contribution in [3.63, 3.8) is 0 Å². The third-order valence-electron chi connectivity index (χ3n) is 1.33. The average molecular weight is 220 g/mol. The van der Waals surface area contributed by atoms with Gasteiger partial charge in [0.25, 0.3) is 0 Å². The molecule has 0 heterocycles. The lowest BCUT2D eigenvalue weighted by molar-refractivity contribution is 0.149. The van der Waals surface area contributed by atoms with E-state index in [9.17, 15) is 0 Å². The fraction of sp³-hybridized carbons (Fsp3) is 0.750. The zero-order valence-electron chi connectivity index (χ0n) is 9.22. The molecule has 0 aromatic heterocycles.